The van der Waals surface area contributed by atoms with Crippen molar-refractivity contribution in [2.75, 3.05) is 36.3 Å². The number of aromatic nitrogens is 4. The second-order valence-electron chi connectivity index (χ2n) is 21.3. The lowest BCUT2D eigenvalue weighted by atomic mass is 10.1. The number of esters is 3. The van der Waals surface area contributed by atoms with Crippen LogP contribution in [0.4, 0.5) is 48.4 Å². The van der Waals surface area contributed by atoms with Crippen molar-refractivity contribution in [3.8, 4) is 0 Å². The average Bonchev–Trinajstić information content (AvgIpc) is 3.64. The van der Waals surface area contributed by atoms with Gasteiger partial charge in [-0.05, 0) is 102 Å². The molecule has 2 aromatic heterocycles. The first kappa shape index (κ1) is 66.2. The first-order valence-electron chi connectivity index (χ1n) is 23.8. The van der Waals surface area contributed by atoms with E-state index in [9.17, 15) is 43.2 Å². The maximum Gasteiger partial charge on any atom is 0.509 e. The van der Waals surface area contributed by atoms with E-state index in [0.29, 0.717) is 0 Å². The summed E-state index contributed by atoms with van der Waals surface area (Å²) in [7, 11) is 0. The number of carbonyl (C=O) groups is 7. The molecule has 0 aliphatic carbocycles. The average molecular weight is 1160 g/mol. The third kappa shape index (κ3) is 21.9. The van der Waals surface area contributed by atoms with Crippen LogP contribution in [0.1, 0.15) is 90.0 Å². The van der Waals surface area contributed by atoms with Crippen LogP contribution in [0.2, 0.25) is 0 Å². The summed E-state index contributed by atoms with van der Waals surface area (Å²) in [4.78, 5) is 115. The minimum Gasteiger partial charge on any atom is -0.462 e. The Bertz CT molecular complexity index is 2660. The molecule has 0 unspecified atom stereocenters. The van der Waals surface area contributed by atoms with Crippen LogP contribution in [-0.4, -0.2) is 158 Å². The zero-order valence-corrected chi connectivity index (χ0v) is 46.3. The summed E-state index contributed by atoms with van der Waals surface area (Å²) < 4.78 is 118. The Kier molecular flexibility index (Phi) is 22.4. The van der Waals surface area contributed by atoms with Gasteiger partial charge in [-0.1, -0.05) is 6.58 Å². The van der Waals surface area contributed by atoms with Crippen molar-refractivity contribution in [1.29, 1.82) is 0 Å². The van der Waals surface area contributed by atoms with E-state index >= 15 is 17.6 Å². The summed E-state index contributed by atoms with van der Waals surface area (Å²) in [6, 6.07) is 2.38. The number of ether oxygens (including phenoxy) is 11. The Morgan fingerprint density at radius 1 is 0.620 bits per heavy atom. The van der Waals surface area contributed by atoms with E-state index in [4.69, 9.17) is 59.0 Å². The van der Waals surface area contributed by atoms with Crippen LogP contribution >= 0.6 is 11.6 Å². The number of rotatable bonds is 16. The lowest BCUT2D eigenvalue weighted by Gasteiger charge is -2.26. The number of carbonyl (C=O) groups excluding carboxylic acids is 7. The molecule has 2 aliphatic rings. The molecule has 4 rings (SSSR count). The summed E-state index contributed by atoms with van der Waals surface area (Å²) in [5.41, 5.74) is -5.68. The fraction of sp³-hybridized carbons (Fsp3) is 0.646. The lowest BCUT2D eigenvalue weighted by molar-refractivity contribution is -0.161. The van der Waals surface area contributed by atoms with Gasteiger partial charge in [-0.2, -0.15) is 27.5 Å². The Hall–Kier alpha value is -7.08. The molecule has 4 heterocycles. The number of alkyl halides is 5. The van der Waals surface area contributed by atoms with Gasteiger partial charge in [0.1, 0.15) is 77.5 Å². The van der Waals surface area contributed by atoms with E-state index in [0.717, 1.165) is 21.5 Å². The maximum absolute atomic E-state index is 15.5. The molecule has 442 valence electrons. The summed E-state index contributed by atoms with van der Waals surface area (Å²) in [6.45, 7) is 19.7. The minimum absolute atomic E-state index is 0.0219. The topological polar surface area (TPSA) is 315 Å². The first-order chi connectivity index (χ1) is 36.1. The molecule has 0 bridgehead atoms. The van der Waals surface area contributed by atoms with Crippen molar-refractivity contribution in [3.05, 3.63) is 57.6 Å². The van der Waals surface area contributed by atoms with Gasteiger partial charge in [-0.25, -0.2) is 38.4 Å². The van der Waals surface area contributed by atoms with Crippen molar-refractivity contribution < 1.29 is 103 Å². The van der Waals surface area contributed by atoms with Crippen molar-refractivity contribution in [2.45, 2.75) is 174 Å². The second-order valence-corrected chi connectivity index (χ2v) is 21.6. The third-order valence-electron chi connectivity index (χ3n) is 9.52. The Balaban J connectivity index is 0.000000419. The van der Waals surface area contributed by atoms with Gasteiger partial charge in [-0.15, -0.1) is 11.6 Å². The van der Waals surface area contributed by atoms with E-state index in [1.165, 1.54) is 60.6 Å². The van der Waals surface area contributed by atoms with Gasteiger partial charge in [0, 0.05) is 18.0 Å². The summed E-state index contributed by atoms with van der Waals surface area (Å²) in [5, 5.41) is 4.53. The van der Waals surface area contributed by atoms with Crippen LogP contribution in [0.15, 0.2) is 46.3 Å². The van der Waals surface area contributed by atoms with Crippen molar-refractivity contribution in [3.63, 3.8) is 0 Å². The summed E-state index contributed by atoms with van der Waals surface area (Å²) in [6.07, 6.45) is -14.2. The molecule has 0 radical (unpaired) electrons. The van der Waals surface area contributed by atoms with Crippen molar-refractivity contribution in [1.82, 2.24) is 19.1 Å². The molecule has 2 N–H and O–H groups in total. The molecule has 79 heavy (non-hydrogen) atoms. The highest BCUT2D eigenvalue weighted by atomic mass is 35.5. The van der Waals surface area contributed by atoms with Gasteiger partial charge in [-0.3, -0.25) is 24.6 Å². The predicted molar refractivity (Wildman–Crippen MR) is 265 cm³/mol. The number of hydrogen-bond donors (Lipinski definition) is 2. The molecule has 2 saturated heterocycles. The molecular formula is C48H65ClF4N6O20. The normalized spacial score (nSPS) is 20.4. The second kappa shape index (κ2) is 26.7. The zero-order chi connectivity index (χ0) is 60.2. The Labute approximate surface area is 454 Å². The maximum atomic E-state index is 15.5. The molecule has 6 atom stereocenters. The molecule has 0 saturated carbocycles. The number of nitrogens with zero attached hydrogens (tertiary/aromatic N) is 4. The van der Waals surface area contributed by atoms with Crippen molar-refractivity contribution >= 4 is 65.6 Å². The highest BCUT2D eigenvalue weighted by Gasteiger charge is 2.63. The molecule has 2 aromatic rings. The van der Waals surface area contributed by atoms with E-state index in [2.05, 4.69) is 31.9 Å². The van der Waals surface area contributed by atoms with Crippen LogP contribution in [-0.2, 0) is 79.6 Å². The summed E-state index contributed by atoms with van der Waals surface area (Å²) in [5.74, 6) is -11.5. The van der Waals surface area contributed by atoms with Crippen LogP contribution in [0.5, 0.6) is 0 Å². The highest BCUT2D eigenvalue weighted by molar-refractivity contribution is 6.26. The van der Waals surface area contributed by atoms with E-state index in [-0.39, 0.29) is 17.2 Å². The minimum atomic E-state index is -3.91. The van der Waals surface area contributed by atoms with Gasteiger partial charge in [0.05, 0.1) is 13.1 Å². The number of anilines is 2. The molecule has 2 aliphatic heterocycles. The first-order valence-corrected chi connectivity index (χ1v) is 24.3. The van der Waals surface area contributed by atoms with Crippen LogP contribution in [0, 0.1) is 0 Å². The summed E-state index contributed by atoms with van der Waals surface area (Å²) >= 11 is 5.37. The fourth-order valence-corrected chi connectivity index (χ4v) is 6.46. The molecular weight excluding hydrogens is 1090 g/mol. The molecule has 2 amide bonds. The van der Waals surface area contributed by atoms with Gasteiger partial charge in [0.2, 0.25) is 12.2 Å². The van der Waals surface area contributed by atoms with Gasteiger partial charge in [0.15, 0.2) is 6.61 Å². The van der Waals surface area contributed by atoms with Crippen LogP contribution in [0.25, 0.3) is 0 Å². The largest absolute Gasteiger partial charge is 0.509 e. The number of halogens is 5. The molecule has 26 nitrogen and oxygen atoms in total. The quantitative estimate of drug-likeness (QED) is 0.0633. The monoisotopic (exact) mass is 1160 g/mol. The Morgan fingerprint density at radius 3 is 1.29 bits per heavy atom. The van der Waals surface area contributed by atoms with Gasteiger partial charge >= 0.3 is 65.6 Å². The smallest absolute Gasteiger partial charge is 0.462 e. The van der Waals surface area contributed by atoms with Crippen molar-refractivity contribution in [2.24, 2.45) is 0 Å². The fourth-order valence-electron chi connectivity index (χ4n) is 6.38. The van der Waals surface area contributed by atoms with Crippen LogP contribution in [0.3, 0.4) is 0 Å². The highest BCUT2D eigenvalue weighted by Crippen LogP contribution is 2.41. The molecule has 2 fully saturated rings. The number of hydrogen-bond acceptors (Lipinski definition) is 22. The number of amides is 2. The predicted octanol–water partition coefficient (Wildman–Crippen LogP) is 6.07. The number of nitrogens with one attached hydrogen (secondary N) is 2. The Morgan fingerprint density at radius 2 is 0.975 bits per heavy atom. The molecule has 0 aromatic carbocycles. The molecule has 31 heteroatoms. The van der Waals surface area contributed by atoms with Crippen LogP contribution < -0.4 is 22.0 Å². The molecule has 0 spiro atoms. The van der Waals surface area contributed by atoms with Gasteiger partial charge in [0.25, 0.3) is 0 Å². The third-order valence-corrected chi connectivity index (χ3v) is 9.74. The zero-order valence-electron chi connectivity index (χ0n) is 45.6. The van der Waals surface area contributed by atoms with E-state index < -0.39 is 163 Å². The lowest BCUT2D eigenvalue weighted by Crippen LogP contribution is -2.46. The van der Waals surface area contributed by atoms with Gasteiger partial charge < -0.3 is 52.1 Å². The standard InChI is InChI=1S/C26H35F2N3O11.C22H30ClF2N3O9/c1-14(2)20(33)38-13-18(32)37-12-15-19(40-23(36)42-25(6,7)8)26(27,28)16(39-15)11-31-10-9-17(29-21(31)34)30-22(35)41-24(3,4)5;1-20(2,3)36-18(31)27-14-7-8-28(17(30)26-14)10-13-22(24,25)16(35-19(32)37-21(4,5)6)12(34-13)11-33-15(29)9-23/h9-10,15-16,19H,1,11-13H2,2-8H3,(H,29,30,34,35);7-8,12-13,16H,9-11H2,1-6H3,(H,26,27,30,31)/t15-,16+,19-;12-,13+,16-/m11/s1. The SMILES string of the molecule is C=C(C)C(=O)OCC(=O)OC[C@H]1O[C@@H](Cn2ccc(NC(=O)OC(C)(C)C)nc2=O)C(F)(F)[C@@H]1OC(=O)OC(C)(C)C.CC(C)(C)OC(=O)Nc1ccn(C[C@@H]2O[C@H](COC(=O)CCl)[C@@H](OC(=O)OC(C)(C)C)C2(F)F)c(=O)n1. The van der Waals surface area contributed by atoms with E-state index in [1.54, 1.807) is 41.5 Å². The van der Waals surface area contributed by atoms with E-state index in [1.807, 2.05) is 0 Å².